The Labute approximate surface area is 108 Å². The number of hydrogen-bond donors (Lipinski definition) is 2. The maximum absolute atomic E-state index is 11.9. The van der Waals surface area contributed by atoms with Crippen LogP contribution in [0.2, 0.25) is 0 Å². The maximum atomic E-state index is 11.9. The Hall–Kier alpha value is -0.980. The molecule has 1 unspecified atom stereocenters. The number of nitrogens with zero attached hydrogens (tertiary/aromatic N) is 1. The Morgan fingerprint density at radius 2 is 2.33 bits per heavy atom. The summed E-state index contributed by atoms with van der Waals surface area (Å²) in [5.74, 6) is 0.353. The minimum atomic E-state index is -3.27. The van der Waals surface area contributed by atoms with Crippen molar-refractivity contribution in [2.45, 2.75) is 18.6 Å². The highest BCUT2D eigenvalue weighted by atomic mass is 32.2. The molecule has 1 saturated heterocycles. The molecule has 0 aliphatic carbocycles. The summed E-state index contributed by atoms with van der Waals surface area (Å²) in [5.41, 5.74) is 0.576. The molecule has 18 heavy (non-hydrogen) atoms. The van der Waals surface area contributed by atoms with Crippen LogP contribution in [0.25, 0.3) is 0 Å². The molecular formula is C12H19N3O2S. The first-order valence-corrected chi connectivity index (χ1v) is 7.89. The molecule has 2 N–H and O–H groups in total. The van der Waals surface area contributed by atoms with Crippen LogP contribution in [-0.4, -0.2) is 33.0 Å². The predicted octanol–water partition coefficient (Wildman–Crippen LogP) is 0.501. The van der Waals surface area contributed by atoms with Crippen LogP contribution in [0, 0.1) is 5.92 Å². The summed E-state index contributed by atoms with van der Waals surface area (Å²) in [6.07, 6.45) is 3.81. The second-order valence-corrected chi connectivity index (χ2v) is 6.45. The topological polar surface area (TPSA) is 71.1 Å². The average Bonchev–Trinajstić information content (AvgIpc) is 2.38. The van der Waals surface area contributed by atoms with E-state index in [4.69, 9.17) is 0 Å². The summed E-state index contributed by atoms with van der Waals surface area (Å²) >= 11 is 0. The van der Waals surface area contributed by atoms with Crippen LogP contribution in [0.1, 0.15) is 18.5 Å². The summed E-state index contributed by atoms with van der Waals surface area (Å²) in [7, 11) is -3.27. The minimum absolute atomic E-state index is 0.0476. The summed E-state index contributed by atoms with van der Waals surface area (Å²) in [6.45, 7) is 2.45. The summed E-state index contributed by atoms with van der Waals surface area (Å²) < 4.78 is 26.4. The number of rotatable bonds is 5. The molecule has 1 aliphatic rings. The Balaban J connectivity index is 1.83. The predicted molar refractivity (Wildman–Crippen MR) is 70.5 cm³/mol. The van der Waals surface area contributed by atoms with E-state index in [1.165, 1.54) is 0 Å². The molecule has 1 atom stereocenters. The number of aromatic nitrogens is 1. The van der Waals surface area contributed by atoms with Crippen molar-refractivity contribution >= 4 is 10.0 Å². The highest BCUT2D eigenvalue weighted by Crippen LogP contribution is 2.09. The maximum Gasteiger partial charge on any atom is 0.217 e. The van der Waals surface area contributed by atoms with E-state index in [9.17, 15) is 8.42 Å². The van der Waals surface area contributed by atoms with Crippen molar-refractivity contribution in [3.05, 3.63) is 30.1 Å². The third-order valence-corrected chi connectivity index (χ3v) is 4.34. The van der Waals surface area contributed by atoms with Crippen LogP contribution in [0.3, 0.4) is 0 Å². The van der Waals surface area contributed by atoms with Gasteiger partial charge in [0.2, 0.25) is 10.0 Å². The van der Waals surface area contributed by atoms with E-state index in [2.05, 4.69) is 15.0 Å². The molecular weight excluding hydrogens is 250 g/mol. The van der Waals surface area contributed by atoms with Gasteiger partial charge in [-0.3, -0.25) is 4.98 Å². The first-order valence-electron chi connectivity index (χ1n) is 6.24. The van der Waals surface area contributed by atoms with E-state index in [0.29, 0.717) is 18.2 Å². The van der Waals surface area contributed by atoms with Gasteiger partial charge in [-0.2, -0.15) is 0 Å². The SMILES string of the molecule is O=S(=O)(Cc1ccccn1)NCC1CCCNC1. The van der Waals surface area contributed by atoms with Gasteiger partial charge in [-0.15, -0.1) is 0 Å². The van der Waals surface area contributed by atoms with Gasteiger partial charge in [-0.05, 0) is 44.0 Å². The monoisotopic (exact) mass is 269 g/mol. The largest absolute Gasteiger partial charge is 0.316 e. The third-order valence-electron chi connectivity index (χ3n) is 3.05. The molecule has 6 heteroatoms. The molecule has 0 bridgehead atoms. The summed E-state index contributed by atoms with van der Waals surface area (Å²) in [5, 5.41) is 3.27. The first-order chi connectivity index (χ1) is 8.66. The van der Waals surface area contributed by atoms with Gasteiger partial charge in [0.1, 0.15) is 5.75 Å². The molecule has 0 amide bonds. The first kappa shape index (κ1) is 13.5. The molecule has 1 fully saturated rings. The quantitative estimate of drug-likeness (QED) is 0.816. The van der Waals surface area contributed by atoms with Gasteiger partial charge in [-0.25, -0.2) is 13.1 Å². The van der Waals surface area contributed by atoms with Crippen molar-refractivity contribution in [3.8, 4) is 0 Å². The van der Waals surface area contributed by atoms with Crippen LogP contribution in [0.5, 0.6) is 0 Å². The van der Waals surface area contributed by atoms with E-state index >= 15 is 0 Å². The van der Waals surface area contributed by atoms with Gasteiger partial charge in [0.25, 0.3) is 0 Å². The van der Waals surface area contributed by atoms with E-state index in [1.807, 2.05) is 0 Å². The number of pyridine rings is 1. The number of nitrogens with one attached hydrogen (secondary N) is 2. The zero-order valence-corrected chi connectivity index (χ0v) is 11.1. The zero-order chi connectivity index (χ0) is 12.8. The van der Waals surface area contributed by atoms with Crippen molar-refractivity contribution < 1.29 is 8.42 Å². The molecule has 0 radical (unpaired) electrons. The van der Waals surface area contributed by atoms with Crippen LogP contribution in [0.15, 0.2) is 24.4 Å². The lowest BCUT2D eigenvalue weighted by molar-refractivity contribution is 0.376. The van der Waals surface area contributed by atoms with Gasteiger partial charge >= 0.3 is 0 Å². The highest BCUT2D eigenvalue weighted by molar-refractivity contribution is 7.88. The van der Waals surface area contributed by atoms with Crippen LogP contribution < -0.4 is 10.0 Å². The van der Waals surface area contributed by atoms with E-state index in [-0.39, 0.29) is 5.75 Å². The Morgan fingerprint density at radius 3 is 3.00 bits per heavy atom. The third kappa shape index (κ3) is 4.36. The Morgan fingerprint density at radius 1 is 1.44 bits per heavy atom. The molecule has 2 rings (SSSR count). The highest BCUT2D eigenvalue weighted by Gasteiger charge is 2.17. The summed E-state index contributed by atoms with van der Waals surface area (Å²) in [4.78, 5) is 4.03. The molecule has 0 saturated carbocycles. The van der Waals surface area contributed by atoms with Gasteiger partial charge in [0.15, 0.2) is 0 Å². The van der Waals surface area contributed by atoms with Crippen molar-refractivity contribution in [1.29, 1.82) is 0 Å². The van der Waals surface area contributed by atoms with E-state index < -0.39 is 10.0 Å². The van der Waals surface area contributed by atoms with Crippen LogP contribution in [0.4, 0.5) is 0 Å². The lowest BCUT2D eigenvalue weighted by atomic mass is 10.0. The molecule has 2 heterocycles. The van der Waals surface area contributed by atoms with Crippen LogP contribution in [-0.2, 0) is 15.8 Å². The second kappa shape index (κ2) is 6.26. The summed E-state index contributed by atoms with van der Waals surface area (Å²) in [6, 6.07) is 5.29. The lowest BCUT2D eigenvalue weighted by Crippen LogP contribution is -2.38. The minimum Gasteiger partial charge on any atom is -0.316 e. The van der Waals surface area contributed by atoms with Gasteiger partial charge in [-0.1, -0.05) is 6.07 Å². The normalized spacial score (nSPS) is 20.8. The molecule has 5 nitrogen and oxygen atoms in total. The van der Waals surface area contributed by atoms with Crippen molar-refractivity contribution in [3.63, 3.8) is 0 Å². The molecule has 100 valence electrons. The van der Waals surface area contributed by atoms with Crippen molar-refractivity contribution in [2.24, 2.45) is 5.92 Å². The van der Waals surface area contributed by atoms with E-state index in [0.717, 1.165) is 25.9 Å². The van der Waals surface area contributed by atoms with E-state index in [1.54, 1.807) is 24.4 Å². The van der Waals surface area contributed by atoms with Gasteiger partial charge in [0, 0.05) is 12.7 Å². The number of sulfonamides is 1. The Bertz CT molecular complexity index is 455. The smallest absolute Gasteiger partial charge is 0.217 e. The fourth-order valence-corrected chi connectivity index (χ4v) is 3.22. The second-order valence-electron chi connectivity index (χ2n) is 4.64. The lowest BCUT2D eigenvalue weighted by Gasteiger charge is -2.22. The molecule has 1 aromatic heterocycles. The number of hydrogen-bond acceptors (Lipinski definition) is 4. The van der Waals surface area contributed by atoms with Gasteiger partial charge < -0.3 is 5.32 Å². The van der Waals surface area contributed by atoms with Crippen molar-refractivity contribution in [1.82, 2.24) is 15.0 Å². The fraction of sp³-hybridized carbons (Fsp3) is 0.583. The van der Waals surface area contributed by atoms with Gasteiger partial charge in [0.05, 0.1) is 5.69 Å². The molecule has 0 spiro atoms. The Kier molecular flexibility index (Phi) is 4.68. The molecule has 1 aliphatic heterocycles. The molecule has 1 aromatic rings. The van der Waals surface area contributed by atoms with Crippen LogP contribution >= 0.6 is 0 Å². The fourth-order valence-electron chi connectivity index (χ4n) is 2.07. The number of piperidine rings is 1. The standard InChI is InChI=1S/C12H19N3O2S/c16-18(17,10-12-5-1-2-7-14-12)15-9-11-4-3-6-13-8-11/h1-2,5,7,11,13,15H,3-4,6,8-10H2. The molecule has 0 aromatic carbocycles. The average molecular weight is 269 g/mol. The van der Waals surface area contributed by atoms with Crippen molar-refractivity contribution in [2.75, 3.05) is 19.6 Å². The zero-order valence-electron chi connectivity index (χ0n) is 10.3.